The Bertz CT molecular complexity index is 470. The maximum Gasteiger partial charge on any atom is 0.336 e. The van der Waals surface area contributed by atoms with Crippen molar-refractivity contribution in [3.05, 3.63) is 41.5 Å². The number of hydrogen-bond acceptors (Lipinski definition) is 4. The van der Waals surface area contributed by atoms with Gasteiger partial charge in [0.05, 0.1) is 13.5 Å². The molecule has 96 valence electrons. The Kier molecular flexibility index (Phi) is 5.11. The molecule has 0 aliphatic rings. The van der Waals surface area contributed by atoms with E-state index in [0.29, 0.717) is 11.3 Å². The summed E-state index contributed by atoms with van der Waals surface area (Å²) in [7, 11) is 1.32. The Morgan fingerprint density at radius 1 is 1.22 bits per heavy atom. The number of esters is 2. The summed E-state index contributed by atoms with van der Waals surface area (Å²) < 4.78 is 9.77. The highest BCUT2D eigenvalue weighted by atomic mass is 16.5. The van der Waals surface area contributed by atoms with Crippen LogP contribution in [0.1, 0.15) is 19.4 Å². The van der Waals surface area contributed by atoms with Gasteiger partial charge >= 0.3 is 11.9 Å². The van der Waals surface area contributed by atoms with Crippen molar-refractivity contribution in [3.63, 3.8) is 0 Å². The number of benzene rings is 1. The molecular formula is C14H16O4. The quantitative estimate of drug-likeness (QED) is 0.466. The van der Waals surface area contributed by atoms with Gasteiger partial charge in [-0.1, -0.05) is 23.8 Å². The zero-order chi connectivity index (χ0) is 13.5. The zero-order valence-corrected chi connectivity index (χ0v) is 10.7. The van der Waals surface area contributed by atoms with Crippen LogP contribution in [0.2, 0.25) is 0 Å². The first kappa shape index (κ1) is 14.0. The van der Waals surface area contributed by atoms with Gasteiger partial charge < -0.3 is 9.47 Å². The van der Waals surface area contributed by atoms with E-state index in [1.807, 2.05) is 13.8 Å². The fourth-order valence-corrected chi connectivity index (χ4v) is 1.35. The zero-order valence-electron chi connectivity index (χ0n) is 10.7. The number of carbonyl (C=O) groups excluding carboxylic acids is 2. The van der Waals surface area contributed by atoms with Crippen LogP contribution in [0.5, 0.6) is 5.75 Å². The van der Waals surface area contributed by atoms with E-state index >= 15 is 0 Å². The smallest absolute Gasteiger partial charge is 0.336 e. The molecular weight excluding hydrogens is 232 g/mol. The molecule has 0 atom stereocenters. The lowest BCUT2D eigenvalue weighted by Crippen LogP contribution is -2.10. The molecule has 0 heterocycles. The number of rotatable bonds is 4. The van der Waals surface area contributed by atoms with Crippen molar-refractivity contribution >= 4 is 11.9 Å². The lowest BCUT2D eigenvalue weighted by atomic mass is 10.1. The van der Waals surface area contributed by atoms with E-state index in [1.54, 1.807) is 24.3 Å². The summed E-state index contributed by atoms with van der Waals surface area (Å²) in [6.45, 7) is 3.61. The maximum absolute atomic E-state index is 11.5. The van der Waals surface area contributed by atoms with Crippen LogP contribution in [0, 0.1) is 0 Å². The third-order valence-corrected chi connectivity index (χ3v) is 2.15. The Hall–Kier alpha value is -2.10. The highest BCUT2D eigenvalue weighted by Gasteiger charge is 2.10. The first-order chi connectivity index (χ1) is 8.52. The van der Waals surface area contributed by atoms with Crippen molar-refractivity contribution in [2.24, 2.45) is 0 Å². The highest BCUT2D eigenvalue weighted by molar-refractivity contribution is 5.85. The Morgan fingerprint density at radius 2 is 1.89 bits per heavy atom. The molecule has 0 spiro atoms. The Morgan fingerprint density at radius 3 is 2.50 bits per heavy atom. The second kappa shape index (κ2) is 6.59. The summed E-state index contributed by atoms with van der Waals surface area (Å²) in [6.07, 6.45) is 1.48. The molecule has 4 heteroatoms. The summed E-state index contributed by atoms with van der Waals surface area (Å²) in [4.78, 5) is 22.7. The monoisotopic (exact) mass is 248 g/mol. The van der Waals surface area contributed by atoms with E-state index in [2.05, 4.69) is 4.74 Å². The largest absolute Gasteiger partial charge is 0.469 e. The number of ether oxygens (including phenoxy) is 2. The number of allylic oxidation sites excluding steroid dienone is 1. The van der Waals surface area contributed by atoms with E-state index in [-0.39, 0.29) is 12.4 Å². The highest BCUT2D eigenvalue weighted by Crippen LogP contribution is 2.19. The molecule has 0 bridgehead atoms. The second-order valence-electron chi connectivity index (χ2n) is 4.00. The van der Waals surface area contributed by atoms with Crippen molar-refractivity contribution in [3.8, 4) is 5.75 Å². The van der Waals surface area contributed by atoms with E-state index in [0.717, 1.165) is 5.57 Å². The van der Waals surface area contributed by atoms with Crippen LogP contribution in [0.3, 0.4) is 0 Å². The van der Waals surface area contributed by atoms with Crippen LogP contribution in [0.15, 0.2) is 35.9 Å². The average molecular weight is 248 g/mol. The van der Waals surface area contributed by atoms with Gasteiger partial charge in [0, 0.05) is 11.6 Å². The summed E-state index contributed by atoms with van der Waals surface area (Å²) in [5, 5.41) is 0. The molecule has 1 aromatic carbocycles. The van der Waals surface area contributed by atoms with Gasteiger partial charge in [-0.3, -0.25) is 4.79 Å². The predicted molar refractivity (Wildman–Crippen MR) is 67.2 cm³/mol. The topological polar surface area (TPSA) is 52.6 Å². The maximum atomic E-state index is 11.5. The predicted octanol–water partition coefficient (Wildman–Crippen LogP) is 2.27. The minimum Gasteiger partial charge on any atom is -0.469 e. The third kappa shape index (κ3) is 4.41. The van der Waals surface area contributed by atoms with Gasteiger partial charge in [-0.25, -0.2) is 4.79 Å². The first-order valence-corrected chi connectivity index (χ1v) is 5.54. The van der Waals surface area contributed by atoms with Gasteiger partial charge in [0.2, 0.25) is 0 Å². The van der Waals surface area contributed by atoms with Crippen molar-refractivity contribution in [2.75, 3.05) is 7.11 Å². The molecule has 0 unspecified atom stereocenters. The molecule has 1 aromatic rings. The van der Waals surface area contributed by atoms with Gasteiger partial charge in [-0.2, -0.15) is 0 Å². The molecule has 0 amide bonds. The molecule has 0 N–H and O–H groups in total. The lowest BCUT2D eigenvalue weighted by Gasteiger charge is -2.07. The van der Waals surface area contributed by atoms with Crippen molar-refractivity contribution in [1.82, 2.24) is 0 Å². The third-order valence-electron chi connectivity index (χ3n) is 2.15. The van der Waals surface area contributed by atoms with Crippen molar-refractivity contribution in [1.29, 1.82) is 0 Å². The van der Waals surface area contributed by atoms with Crippen LogP contribution in [-0.2, 0) is 20.7 Å². The van der Waals surface area contributed by atoms with Gasteiger partial charge in [0.1, 0.15) is 5.75 Å². The number of para-hydroxylation sites is 1. The molecule has 0 radical (unpaired) electrons. The van der Waals surface area contributed by atoms with Crippen LogP contribution < -0.4 is 4.74 Å². The first-order valence-electron chi connectivity index (χ1n) is 5.54. The van der Waals surface area contributed by atoms with Crippen LogP contribution in [0.4, 0.5) is 0 Å². The molecule has 1 rings (SSSR count). The fraction of sp³-hybridized carbons (Fsp3) is 0.286. The average Bonchev–Trinajstić information content (AvgIpc) is 2.30. The summed E-state index contributed by atoms with van der Waals surface area (Å²) >= 11 is 0. The molecule has 0 saturated heterocycles. The minimum absolute atomic E-state index is 0.0781. The van der Waals surface area contributed by atoms with Crippen molar-refractivity contribution < 1.29 is 19.1 Å². The summed E-state index contributed by atoms with van der Waals surface area (Å²) in [5.41, 5.74) is 1.48. The van der Waals surface area contributed by atoms with E-state index in [9.17, 15) is 9.59 Å². The number of methoxy groups -OCH3 is 1. The molecule has 0 aliphatic carbocycles. The van der Waals surface area contributed by atoms with Gasteiger partial charge in [-0.15, -0.1) is 0 Å². The fourth-order valence-electron chi connectivity index (χ4n) is 1.35. The van der Waals surface area contributed by atoms with Crippen LogP contribution in [-0.4, -0.2) is 19.0 Å². The van der Waals surface area contributed by atoms with Crippen LogP contribution in [0.25, 0.3) is 0 Å². The molecule has 0 fully saturated rings. The summed E-state index contributed by atoms with van der Waals surface area (Å²) in [5.74, 6) is -0.446. The molecule has 4 nitrogen and oxygen atoms in total. The standard InChI is InChI=1S/C14H16O4/c1-10(2)8-14(16)18-12-7-5-4-6-11(12)9-13(15)17-3/h4-8H,9H2,1-3H3. The Balaban J connectivity index is 2.85. The normalized spacial score (nSPS) is 9.50. The second-order valence-corrected chi connectivity index (χ2v) is 4.00. The van der Waals surface area contributed by atoms with Gasteiger partial charge in [0.25, 0.3) is 0 Å². The SMILES string of the molecule is COC(=O)Cc1ccccc1OC(=O)C=C(C)C. The van der Waals surface area contributed by atoms with E-state index < -0.39 is 5.97 Å². The molecule has 0 aromatic heterocycles. The molecule has 18 heavy (non-hydrogen) atoms. The van der Waals surface area contributed by atoms with E-state index in [1.165, 1.54) is 13.2 Å². The van der Waals surface area contributed by atoms with Crippen LogP contribution >= 0.6 is 0 Å². The number of carbonyl (C=O) groups is 2. The molecule has 0 saturated carbocycles. The molecule has 0 aliphatic heterocycles. The Labute approximate surface area is 106 Å². The van der Waals surface area contributed by atoms with Gasteiger partial charge in [0.15, 0.2) is 0 Å². The summed E-state index contributed by atoms with van der Waals surface area (Å²) in [6, 6.07) is 6.89. The van der Waals surface area contributed by atoms with Crippen molar-refractivity contribution in [2.45, 2.75) is 20.3 Å². The lowest BCUT2D eigenvalue weighted by molar-refractivity contribution is -0.140. The van der Waals surface area contributed by atoms with E-state index in [4.69, 9.17) is 4.74 Å². The van der Waals surface area contributed by atoms with Gasteiger partial charge in [-0.05, 0) is 19.9 Å². The minimum atomic E-state index is -0.452. The number of hydrogen-bond donors (Lipinski definition) is 0.